The van der Waals surface area contributed by atoms with Crippen LogP contribution >= 0.6 is 0 Å². The number of hydrogen-bond acceptors (Lipinski definition) is 6. The Bertz CT molecular complexity index is 1420. The van der Waals surface area contributed by atoms with Gasteiger partial charge < -0.3 is 19.7 Å². The van der Waals surface area contributed by atoms with E-state index >= 15 is 0 Å². The number of anilines is 1. The third kappa shape index (κ3) is 7.58. The van der Waals surface area contributed by atoms with Gasteiger partial charge in [0, 0.05) is 19.2 Å². The van der Waals surface area contributed by atoms with Crippen LogP contribution in [0.2, 0.25) is 0 Å². The van der Waals surface area contributed by atoms with Gasteiger partial charge in [-0.1, -0.05) is 61.9 Å². The Morgan fingerprint density at radius 1 is 0.927 bits per heavy atom. The van der Waals surface area contributed by atoms with Crippen molar-refractivity contribution in [3.63, 3.8) is 0 Å². The molecule has 9 nitrogen and oxygen atoms in total. The van der Waals surface area contributed by atoms with Crippen molar-refractivity contribution in [2.75, 3.05) is 37.2 Å². The number of ether oxygens (including phenoxy) is 2. The van der Waals surface area contributed by atoms with E-state index in [1.54, 1.807) is 43.3 Å². The van der Waals surface area contributed by atoms with E-state index in [1.165, 1.54) is 17.0 Å². The Morgan fingerprint density at radius 3 is 2.27 bits per heavy atom. The summed E-state index contributed by atoms with van der Waals surface area (Å²) in [6.45, 7) is 4.68. The molecule has 10 heteroatoms. The van der Waals surface area contributed by atoms with Crippen LogP contribution in [-0.2, 0) is 26.0 Å². The van der Waals surface area contributed by atoms with Crippen LogP contribution in [-0.4, -0.2) is 64.0 Å². The lowest BCUT2D eigenvalue weighted by Gasteiger charge is -2.32. The van der Waals surface area contributed by atoms with Crippen molar-refractivity contribution in [1.29, 1.82) is 0 Å². The first-order valence-electron chi connectivity index (χ1n) is 13.9. The summed E-state index contributed by atoms with van der Waals surface area (Å²) < 4.78 is 40.2. The zero-order valence-corrected chi connectivity index (χ0v) is 24.3. The number of unbranched alkanes of at least 4 members (excludes halogenated alkanes) is 1. The lowest BCUT2D eigenvalue weighted by molar-refractivity contribution is -0.138. The average Bonchev–Trinajstić information content (AvgIpc) is 3.00. The van der Waals surface area contributed by atoms with Gasteiger partial charge in [0.1, 0.15) is 25.8 Å². The molecule has 0 radical (unpaired) electrons. The van der Waals surface area contributed by atoms with E-state index in [4.69, 9.17) is 9.47 Å². The van der Waals surface area contributed by atoms with Gasteiger partial charge in [-0.2, -0.15) is 0 Å². The molecule has 1 aliphatic rings. The molecule has 1 N–H and O–H groups in total. The highest BCUT2D eigenvalue weighted by Crippen LogP contribution is 2.35. The fourth-order valence-corrected chi connectivity index (χ4v) is 5.97. The van der Waals surface area contributed by atoms with Gasteiger partial charge in [-0.3, -0.25) is 13.9 Å². The second kappa shape index (κ2) is 14.0. The van der Waals surface area contributed by atoms with Gasteiger partial charge in [0.05, 0.1) is 10.6 Å². The summed E-state index contributed by atoms with van der Waals surface area (Å²) in [7, 11) is -4.15. The molecular formula is C31H37N3O6S. The number of benzene rings is 3. The largest absolute Gasteiger partial charge is 0.486 e. The number of hydrogen-bond donors (Lipinski definition) is 1. The smallest absolute Gasteiger partial charge is 0.264 e. The number of sulfonamides is 1. The number of carbonyl (C=O) groups excluding carboxylic acids is 2. The van der Waals surface area contributed by atoms with Crippen molar-refractivity contribution in [2.45, 2.75) is 44.0 Å². The van der Waals surface area contributed by atoms with Crippen molar-refractivity contribution in [3.8, 4) is 11.5 Å². The Kier molecular flexibility index (Phi) is 10.2. The monoisotopic (exact) mass is 579 g/mol. The third-order valence-corrected chi connectivity index (χ3v) is 8.69. The highest BCUT2D eigenvalue weighted by atomic mass is 32.2. The maximum absolute atomic E-state index is 14.0. The fourth-order valence-electron chi connectivity index (χ4n) is 4.54. The van der Waals surface area contributed by atoms with Gasteiger partial charge >= 0.3 is 0 Å². The number of carbonyl (C=O) groups is 2. The highest BCUT2D eigenvalue weighted by Gasteiger charge is 2.33. The van der Waals surface area contributed by atoms with Crippen molar-refractivity contribution in [1.82, 2.24) is 10.2 Å². The maximum atomic E-state index is 14.0. The minimum atomic E-state index is -4.15. The Labute approximate surface area is 242 Å². The zero-order chi connectivity index (χ0) is 29.2. The van der Waals surface area contributed by atoms with Crippen LogP contribution in [0.4, 0.5) is 5.69 Å². The van der Waals surface area contributed by atoms with E-state index in [9.17, 15) is 18.0 Å². The summed E-state index contributed by atoms with van der Waals surface area (Å²) in [5, 5.41) is 2.90. The van der Waals surface area contributed by atoms with E-state index < -0.39 is 28.5 Å². The molecule has 0 saturated heterocycles. The Hall–Kier alpha value is -4.05. The lowest BCUT2D eigenvalue weighted by Crippen LogP contribution is -2.52. The first-order chi connectivity index (χ1) is 19.8. The Morgan fingerprint density at radius 2 is 1.59 bits per heavy atom. The second-order valence-electron chi connectivity index (χ2n) is 9.80. The minimum absolute atomic E-state index is 0.0453. The van der Waals surface area contributed by atoms with Gasteiger partial charge in [-0.25, -0.2) is 8.42 Å². The fraction of sp³-hybridized carbons (Fsp3) is 0.355. The van der Waals surface area contributed by atoms with Crippen LogP contribution in [0.1, 0.15) is 32.3 Å². The minimum Gasteiger partial charge on any atom is -0.486 e. The van der Waals surface area contributed by atoms with E-state index in [1.807, 2.05) is 37.3 Å². The molecule has 0 bridgehead atoms. The first kappa shape index (κ1) is 29.9. The molecule has 2 amide bonds. The van der Waals surface area contributed by atoms with Crippen LogP contribution in [0.3, 0.4) is 0 Å². The van der Waals surface area contributed by atoms with Gasteiger partial charge in [0.25, 0.3) is 10.0 Å². The standard InChI is InChI=1S/C31H37N3O6S/c1-3-4-18-32-31(36)24(2)33(19-17-25-11-7-5-8-12-25)30(35)23-34(41(37,38)27-13-9-6-10-14-27)26-15-16-28-29(22-26)40-21-20-39-28/h5-16,22,24H,3-4,17-21,23H2,1-2H3,(H,32,36). The molecule has 41 heavy (non-hydrogen) atoms. The Balaban J connectivity index is 1.66. The van der Waals surface area contributed by atoms with Crippen molar-refractivity contribution >= 4 is 27.5 Å². The van der Waals surface area contributed by atoms with Gasteiger partial charge in [-0.05, 0) is 49.6 Å². The molecule has 1 atom stereocenters. The topological polar surface area (TPSA) is 105 Å². The maximum Gasteiger partial charge on any atom is 0.264 e. The van der Waals surface area contributed by atoms with Gasteiger partial charge in [0.15, 0.2) is 11.5 Å². The summed E-state index contributed by atoms with van der Waals surface area (Å²) in [4.78, 5) is 28.5. The molecule has 4 rings (SSSR count). The van der Waals surface area contributed by atoms with E-state index in [0.717, 1.165) is 22.7 Å². The molecule has 218 valence electrons. The van der Waals surface area contributed by atoms with Crippen molar-refractivity contribution < 1.29 is 27.5 Å². The van der Waals surface area contributed by atoms with Crippen LogP contribution in [0.15, 0.2) is 83.8 Å². The molecule has 0 saturated carbocycles. The molecule has 3 aromatic carbocycles. The predicted octanol–water partition coefficient (Wildman–Crippen LogP) is 4.03. The van der Waals surface area contributed by atoms with Gasteiger partial charge in [0.2, 0.25) is 11.8 Å². The molecule has 1 aliphatic heterocycles. The second-order valence-corrected chi connectivity index (χ2v) is 11.7. The highest BCUT2D eigenvalue weighted by molar-refractivity contribution is 7.92. The third-order valence-electron chi connectivity index (χ3n) is 6.90. The van der Waals surface area contributed by atoms with Crippen LogP contribution in [0.25, 0.3) is 0 Å². The van der Waals surface area contributed by atoms with Gasteiger partial charge in [-0.15, -0.1) is 0 Å². The molecule has 1 unspecified atom stereocenters. The number of nitrogens with zero attached hydrogens (tertiary/aromatic N) is 2. The summed E-state index contributed by atoms with van der Waals surface area (Å²) in [6, 6.07) is 21.6. The lowest BCUT2D eigenvalue weighted by atomic mass is 10.1. The normalized spacial score (nSPS) is 13.2. The summed E-state index contributed by atoms with van der Waals surface area (Å²) in [6.07, 6.45) is 2.26. The van der Waals surface area contributed by atoms with Crippen LogP contribution < -0.4 is 19.1 Å². The summed E-state index contributed by atoms with van der Waals surface area (Å²) >= 11 is 0. The SMILES string of the molecule is CCCCNC(=O)C(C)N(CCc1ccccc1)C(=O)CN(c1ccc2c(c1)OCCO2)S(=O)(=O)c1ccccc1. The summed E-state index contributed by atoms with van der Waals surface area (Å²) in [5.41, 5.74) is 1.26. The van der Waals surface area contributed by atoms with Crippen molar-refractivity contribution in [3.05, 3.63) is 84.4 Å². The van der Waals surface area contributed by atoms with E-state index in [-0.39, 0.29) is 23.0 Å². The zero-order valence-electron chi connectivity index (χ0n) is 23.5. The first-order valence-corrected chi connectivity index (χ1v) is 15.3. The summed E-state index contributed by atoms with van der Waals surface area (Å²) in [5.74, 6) is 0.134. The van der Waals surface area contributed by atoms with Crippen LogP contribution in [0, 0.1) is 0 Å². The molecule has 3 aromatic rings. The molecule has 1 heterocycles. The number of nitrogens with one attached hydrogen (secondary N) is 1. The average molecular weight is 580 g/mol. The van der Waals surface area contributed by atoms with E-state index in [0.29, 0.717) is 37.7 Å². The van der Waals surface area contributed by atoms with E-state index in [2.05, 4.69) is 5.32 Å². The number of rotatable bonds is 13. The molecular weight excluding hydrogens is 542 g/mol. The molecule has 0 spiro atoms. The number of amides is 2. The predicted molar refractivity (Wildman–Crippen MR) is 158 cm³/mol. The quantitative estimate of drug-likeness (QED) is 0.307. The molecule has 0 aliphatic carbocycles. The molecule has 0 aromatic heterocycles. The van der Waals surface area contributed by atoms with Crippen LogP contribution in [0.5, 0.6) is 11.5 Å². The molecule has 0 fully saturated rings. The van der Waals surface area contributed by atoms with Crippen molar-refractivity contribution in [2.24, 2.45) is 0 Å². The number of fused-ring (bicyclic) bond motifs is 1.